The van der Waals surface area contributed by atoms with E-state index in [4.69, 9.17) is 9.84 Å². The zero-order valence-electron chi connectivity index (χ0n) is 27.2. The van der Waals surface area contributed by atoms with Crippen molar-refractivity contribution in [2.45, 2.75) is 95.4 Å². The topological polar surface area (TPSA) is 119 Å². The van der Waals surface area contributed by atoms with Crippen LogP contribution in [0.5, 0.6) is 11.5 Å². The molecule has 2 amide bonds. The van der Waals surface area contributed by atoms with Crippen molar-refractivity contribution in [3.05, 3.63) is 59.7 Å². The Morgan fingerprint density at radius 1 is 0.957 bits per heavy atom. The highest BCUT2D eigenvalue weighted by Crippen LogP contribution is 2.62. The van der Waals surface area contributed by atoms with Gasteiger partial charge in [-0.1, -0.05) is 25.5 Å². The molecule has 6 aliphatic rings. The molecule has 4 saturated carbocycles. The lowest BCUT2D eigenvalue weighted by Crippen LogP contribution is -2.73. The lowest BCUT2D eigenvalue weighted by Gasteiger charge is -2.61. The molecule has 0 radical (unpaired) electrons. The number of carbonyl (C=O) groups excluding carboxylic acids is 2. The molecule has 0 aromatic heterocycles. The van der Waals surface area contributed by atoms with Crippen LogP contribution in [0.4, 0.5) is 0 Å². The van der Waals surface area contributed by atoms with Crippen LogP contribution in [0.2, 0.25) is 0 Å². The monoisotopic (exact) mass is 665 g/mol. The van der Waals surface area contributed by atoms with Crippen LogP contribution in [0, 0.1) is 23.2 Å². The number of piperazine rings is 1. The Labute approximate surface area is 283 Å². The maximum absolute atomic E-state index is 14.2. The molecule has 2 saturated heterocycles. The highest BCUT2D eigenvalue weighted by atomic mass is 35.5. The number of hydrogen-bond acceptors (Lipinski definition) is 6. The van der Waals surface area contributed by atoms with E-state index in [1.165, 1.54) is 18.6 Å². The molecule has 2 aromatic rings. The highest BCUT2D eigenvalue weighted by Gasteiger charge is 2.60. The number of carboxylic acid groups (broad SMARTS) is 1. The van der Waals surface area contributed by atoms with Crippen molar-refractivity contribution >= 4 is 30.2 Å². The lowest BCUT2D eigenvalue weighted by atomic mass is 9.47. The largest absolute Gasteiger partial charge is 0.478 e. The van der Waals surface area contributed by atoms with Crippen LogP contribution < -0.4 is 10.1 Å². The number of aromatic carboxylic acids is 1. The number of piperidine rings is 1. The first-order valence-electron chi connectivity index (χ1n) is 17.3. The summed E-state index contributed by atoms with van der Waals surface area (Å²) in [6, 6.07) is 13.7. The van der Waals surface area contributed by atoms with Gasteiger partial charge in [0.2, 0.25) is 11.8 Å². The predicted octanol–water partition coefficient (Wildman–Crippen LogP) is 5.64. The number of unbranched alkanes of at least 4 members (excludes halogenated alkanes) is 1. The zero-order valence-corrected chi connectivity index (χ0v) is 28.1. The van der Waals surface area contributed by atoms with Gasteiger partial charge >= 0.3 is 5.97 Å². The maximum Gasteiger partial charge on any atom is 0.335 e. The van der Waals surface area contributed by atoms with Crippen LogP contribution in [-0.4, -0.2) is 75.1 Å². The van der Waals surface area contributed by atoms with Gasteiger partial charge in [0, 0.05) is 26.2 Å². The van der Waals surface area contributed by atoms with Crippen LogP contribution in [-0.2, 0) is 16.1 Å². The highest BCUT2D eigenvalue weighted by molar-refractivity contribution is 6.00. The first kappa shape index (κ1) is 33.7. The molecule has 254 valence electrons. The SMILES string of the molecule is CCCCN1C(=O)[C@@H](CC23C[C@H]4CC(C[C@@H](C4)C2)[C@H]3O)NC(=O)C12CCN(Cc1ccc(Oc3ccc(C(=O)O)cc3)cc1)CC2.Cl. The van der Waals surface area contributed by atoms with E-state index in [0.717, 1.165) is 63.7 Å². The molecule has 4 bridgehead atoms. The summed E-state index contributed by atoms with van der Waals surface area (Å²) in [6.07, 6.45) is 8.73. The van der Waals surface area contributed by atoms with Gasteiger partial charge in [-0.3, -0.25) is 14.5 Å². The fourth-order valence-electron chi connectivity index (χ4n) is 9.83. The number of nitrogens with one attached hydrogen (secondary N) is 1. The first-order valence-corrected chi connectivity index (χ1v) is 17.3. The molecular weight excluding hydrogens is 618 g/mol. The van der Waals surface area contributed by atoms with Gasteiger partial charge in [0.25, 0.3) is 0 Å². The lowest BCUT2D eigenvalue weighted by molar-refractivity contribution is -0.175. The van der Waals surface area contributed by atoms with Crippen molar-refractivity contribution in [2.75, 3.05) is 19.6 Å². The third-order valence-electron chi connectivity index (χ3n) is 11.9. The summed E-state index contributed by atoms with van der Waals surface area (Å²) < 4.78 is 5.89. The van der Waals surface area contributed by atoms with Crippen molar-refractivity contribution < 1.29 is 29.3 Å². The Kier molecular flexibility index (Phi) is 9.62. The number of likely N-dealkylation sites (tertiary alicyclic amines) is 1. The first-order chi connectivity index (χ1) is 22.2. The Morgan fingerprint density at radius 2 is 1.57 bits per heavy atom. The number of carbonyl (C=O) groups is 3. The van der Waals surface area contributed by atoms with Gasteiger partial charge in [-0.05, 0) is 123 Å². The van der Waals surface area contributed by atoms with Crippen molar-refractivity contribution in [3.8, 4) is 11.5 Å². The van der Waals surface area contributed by atoms with Gasteiger partial charge in [0.05, 0.1) is 11.7 Å². The second-order valence-corrected chi connectivity index (χ2v) is 14.9. The Bertz CT molecular complexity index is 1440. The zero-order chi connectivity index (χ0) is 32.1. The third kappa shape index (κ3) is 6.39. The van der Waals surface area contributed by atoms with E-state index in [1.54, 1.807) is 12.1 Å². The van der Waals surface area contributed by atoms with Gasteiger partial charge in [-0.15, -0.1) is 12.4 Å². The molecule has 4 atom stereocenters. The van der Waals surface area contributed by atoms with E-state index < -0.39 is 17.6 Å². The molecule has 2 aromatic carbocycles. The van der Waals surface area contributed by atoms with E-state index in [0.29, 0.717) is 55.1 Å². The van der Waals surface area contributed by atoms with Crippen molar-refractivity contribution in [3.63, 3.8) is 0 Å². The van der Waals surface area contributed by atoms with E-state index in [-0.39, 0.29) is 41.3 Å². The molecule has 1 spiro atoms. The van der Waals surface area contributed by atoms with Crippen LogP contribution in [0.15, 0.2) is 48.5 Å². The van der Waals surface area contributed by atoms with Gasteiger partial charge in [0.15, 0.2) is 0 Å². The van der Waals surface area contributed by atoms with Crippen LogP contribution in [0.3, 0.4) is 0 Å². The normalized spacial score (nSPS) is 31.0. The van der Waals surface area contributed by atoms with Crippen molar-refractivity contribution in [2.24, 2.45) is 23.2 Å². The van der Waals surface area contributed by atoms with Gasteiger partial charge in [-0.2, -0.15) is 0 Å². The molecule has 47 heavy (non-hydrogen) atoms. The minimum absolute atomic E-state index is 0. The summed E-state index contributed by atoms with van der Waals surface area (Å²) in [5, 5.41) is 23.7. The molecule has 4 aliphatic carbocycles. The van der Waals surface area contributed by atoms with E-state index >= 15 is 0 Å². The number of aliphatic hydroxyl groups is 1. The average Bonchev–Trinajstić information content (AvgIpc) is 3.04. The minimum atomic E-state index is -0.971. The summed E-state index contributed by atoms with van der Waals surface area (Å²) in [5.74, 6) is 1.98. The Morgan fingerprint density at radius 3 is 2.17 bits per heavy atom. The van der Waals surface area contributed by atoms with Crippen LogP contribution in [0.1, 0.15) is 87.1 Å². The standard InChI is InChI=1S/C37H47N3O6.ClH/c1-2-3-14-40-33(42)31(22-36-20-25-17-26(21-36)19-28(18-25)32(36)41)38-35(45)37(40)12-15-39(16-13-37)23-24-4-8-29(9-5-24)46-30-10-6-27(7-11-30)34(43)44;/h4-11,25-26,28,31-32,41H,2-3,12-23H2,1H3,(H,38,45)(H,43,44);1H/t25-,26-,28?,31-,32-,36?;/m1./s1. The summed E-state index contributed by atoms with van der Waals surface area (Å²) in [4.78, 5) is 43.7. The fourth-order valence-corrected chi connectivity index (χ4v) is 9.83. The summed E-state index contributed by atoms with van der Waals surface area (Å²) in [6.45, 7) is 4.90. The molecule has 3 N–H and O–H groups in total. The van der Waals surface area contributed by atoms with Gasteiger partial charge < -0.3 is 25.2 Å². The molecular formula is C37H48ClN3O6. The summed E-state index contributed by atoms with van der Waals surface area (Å²) in [7, 11) is 0. The number of ether oxygens (including phenoxy) is 1. The second kappa shape index (κ2) is 13.4. The van der Waals surface area contributed by atoms with Crippen LogP contribution in [0.25, 0.3) is 0 Å². The Balaban J connectivity index is 0.00000386. The molecule has 2 heterocycles. The molecule has 9 nitrogen and oxygen atoms in total. The number of carboxylic acids is 1. The number of hydrogen-bond donors (Lipinski definition) is 3. The van der Waals surface area contributed by atoms with E-state index in [9.17, 15) is 19.5 Å². The quantitative estimate of drug-likeness (QED) is 0.301. The second-order valence-electron chi connectivity index (χ2n) is 14.9. The third-order valence-corrected chi connectivity index (χ3v) is 11.9. The average molecular weight is 666 g/mol. The minimum Gasteiger partial charge on any atom is -0.478 e. The fraction of sp³-hybridized carbons (Fsp3) is 0.595. The number of halogens is 1. The number of nitrogens with zero attached hydrogens (tertiary/aromatic N) is 2. The van der Waals surface area contributed by atoms with Crippen LogP contribution >= 0.6 is 12.4 Å². The number of amides is 2. The van der Waals surface area contributed by atoms with E-state index in [1.807, 2.05) is 29.2 Å². The van der Waals surface area contributed by atoms with Crippen molar-refractivity contribution in [1.82, 2.24) is 15.1 Å². The van der Waals surface area contributed by atoms with Gasteiger partial charge in [0.1, 0.15) is 23.1 Å². The molecule has 8 rings (SSSR count). The number of benzene rings is 2. The molecule has 2 aliphatic heterocycles. The summed E-state index contributed by atoms with van der Waals surface area (Å²) in [5.41, 5.74) is 0.295. The molecule has 10 heteroatoms. The Hall–Kier alpha value is -3.14. The smallest absolute Gasteiger partial charge is 0.335 e. The maximum atomic E-state index is 14.2. The summed E-state index contributed by atoms with van der Waals surface area (Å²) >= 11 is 0. The number of rotatable bonds is 10. The van der Waals surface area contributed by atoms with Crippen molar-refractivity contribution in [1.29, 1.82) is 0 Å². The predicted molar refractivity (Wildman–Crippen MR) is 180 cm³/mol. The van der Waals surface area contributed by atoms with Gasteiger partial charge in [-0.25, -0.2) is 4.79 Å². The molecule has 6 fully saturated rings. The molecule has 0 unspecified atom stereocenters. The van der Waals surface area contributed by atoms with E-state index in [2.05, 4.69) is 17.1 Å². The number of aliphatic hydroxyl groups excluding tert-OH is 1.